The third-order valence-corrected chi connectivity index (χ3v) is 3.58. The average molecular weight is 219 g/mol. The molecule has 3 heteroatoms. The van der Waals surface area contributed by atoms with E-state index in [9.17, 15) is 4.79 Å². The molecule has 2 rings (SSSR count). The van der Waals surface area contributed by atoms with E-state index in [1.54, 1.807) is 6.07 Å². The zero-order chi connectivity index (χ0) is 11.9. The van der Waals surface area contributed by atoms with Crippen LogP contribution in [-0.4, -0.2) is 19.1 Å². The first-order valence-corrected chi connectivity index (χ1v) is 5.42. The van der Waals surface area contributed by atoms with Gasteiger partial charge in [0.15, 0.2) is 0 Å². The van der Waals surface area contributed by atoms with Crippen LogP contribution in [-0.2, 0) is 4.74 Å². The predicted octanol–water partition coefficient (Wildman–Crippen LogP) is 1.92. The highest BCUT2D eigenvalue weighted by Gasteiger charge is 2.56. The molecule has 0 amide bonds. The highest BCUT2D eigenvalue weighted by molar-refractivity contribution is 5.89. The molecule has 16 heavy (non-hydrogen) atoms. The molecule has 1 fully saturated rings. The Morgan fingerprint density at radius 3 is 2.56 bits per heavy atom. The molecule has 0 aliphatic heterocycles. The van der Waals surface area contributed by atoms with Crippen LogP contribution in [0.5, 0.6) is 0 Å². The Kier molecular flexibility index (Phi) is 2.50. The minimum Gasteiger partial charge on any atom is -0.465 e. The van der Waals surface area contributed by atoms with E-state index in [0.717, 1.165) is 5.56 Å². The van der Waals surface area contributed by atoms with Crippen LogP contribution in [0.2, 0.25) is 0 Å². The summed E-state index contributed by atoms with van der Waals surface area (Å²) < 4.78 is 4.70. The van der Waals surface area contributed by atoms with E-state index in [1.165, 1.54) is 7.11 Å². The monoisotopic (exact) mass is 219 g/mol. The fraction of sp³-hybridized carbons (Fsp3) is 0.462. The largest absolute Gasteiger partial charge is 0.465 e. The highest BCUT2D eigenvalue weighted by Crippen LogP contribution is 2.57. The Morgan fingerprint density at radius 1 is 1.44 bits per heavy atom. The maximum atomic E-state index is 11.4. The molecule has 3 nitrogen and oxygen atoms in total. The van der Waals surface area contributed by atoms with Gasteiger partial charge < -0.3 is 10.5 Å². The molecule has 1 aromatic carbocycles. The van der Waals surface area contributed by atoms with Crippen molar-refractivity contribution in [1.82, 2.24) is 0 Å². The molecule has 1 saturated carbocycles. The summed E-state index contributed by atoms with van der Waals surface area (Å²) in [4.78, 5) is 11.4. The van der Waals surface area contributed by atoms with E-state index in [1.807, 2.05) is 18.2 Å². The normalized spacial score (nSPS) is 26.2. The fourth-order valence-electron chi connectivity index (χ4n) is 2.29. The lowest BCUT2D eigenvalue weighted by molar-refractivity contribution is 0.0600. The molecule has 0 spiro atoms. The third kappa shape index (κ3) is 1.61. The van der Waals surface area contributed by atoms with Gasteiger partial charge in [0.1, 0.15) is 0 Å². The Labute approximate surface area is 95.6 Å². The molecule has 0 saturated heterocycles. The summed E-state index contributed by atoms with van der Waals surface area (Å²) in [6.45, 7) is 4.29. The van der Waals surface area contributed by atoms with Crippen molar-refractivity contribution in [2.45, 2.75) is 25.8 Å². The number of hydrogen-bond acceptors (Lipinski definition) is 3. The summed E-state index contributed by atoms with van der Waals surface area (Å²) in [6.07, 6.45) is 0. The van der Waals surface area contributed by atoms with Crippen LogP contribution in [0.1, 0.15) is 35.7 Å². The van der Waals surface area contributed by atoms with Gasteiger partial charge in [0.25, 0.3) is 0 Å². The predicted molar refractivity (Wildman–Crippen MR) is 62.3 cm³/mol. The van der Waals surface area contributed by atoms with Gasteiger partial charge in [0.05, 0.1) is 12.7 Å². The van der Waals surface area contributed by atoms with Crippen LogP contribution in [0.3, 0.4) is 0 Å². The second-order valence-corrected chi connectivity index (χ2v) is 4.94. The maximum absolute atomic E-state index is 11.4. The molecule has 1 aliphatic rings. The zero-order valence-corrected chi connectivity index (χ0v) is 9.86. The molecule has 86 valence electrons. The van der Waals surface area contributed by atoms with Crippen molar-refractivity contribution in [2.75, 3.05) is 7.11 Å². The SMILES string of the molecule is COC(=O)c1cccc([C@H]2[C@H](N)C2(C)C)c1. The molecular weight excluding hydrogens is 202 g/mol. The number of ether oxygens (including phenoxy) is 1. The Hall–Kier alpha value is -1.35. The molecule has 0 aromatic heterocycles. The van der Waals surface area contributed by atoms with E-state index in [0.29, 0.717) is 11.5 Å². The van der Waals surface area contributed by atoms with Crippen LogP contribution in [0, 0.1) is 5.41 Å². The number of nitrogens with two attached hydrogens (primary N) is 1. The topological polar surface area (TPSA) is 52.3 Å². The van der Waals surface area contributed by atoms with E-state index in [4.69, 9.17) is 10.5 Å². The maximum Gasteiger partial charge on any atom is 0.337 e. The molecular formula is C13H17NO2. The average Bonchev–Trinajstić information content (AvgIpc) is 2.77. The summed E-state index contributed by atoms with van der Waals surface area (Å²) in [5, 5.41) is 0. The lowest BCUT2D eigenvalue weighted by Gasteiger charge is -2.05. The summed E-state index contributed by atoms with van der Waals surface area (Å²) in [5.41, 5.74) is 7.87. The smallest absolute Gasteiger partial charge is 0.337 e. The summed E-state index contributed by atoms with van der Waals surface area (Å²) in [7, 11) is 1.39. The lowest BCUT2D eigenvalue weighted by atomic mass is 10.0. The standard InChI is InChI=1S/C13H17NO2/c1-13(2)10(11(13)14)8-5-4-6-9(7-8)12(15)16-3/h4-7,10-11H,14H2,1-3H3/t10-,11-/m0/s1. The number of hydrogen-bond donors (Lipinski definition) is 1. The van der Waals surface area contributed by atoms with Crippen molar-refractivity contribution >= 4 is 5.97 Å². The van der Waals surface area contributed by atoms with Gasteiger partial charge in [-0.3, -0.25) is 0 Å². The lowest BCUT2D eigenvalue weighted by Crippen LogP contribution is -2.06. The van der Waals surface area contributed by atoms with Crippen molar-refractivity contribution in [2.24, 2.45) is 11.1 Å². The van der Waals surface area contributed by atoms with Crippen LogP contribution in [0.4, 0.5) is 0 Å². The minimum absolute atomic E-state index is 0.134. The number of rotatable bonds is 2. The van der Waals surface area contributed by atoms with Crippen LogP contribution in [0.15, 0.2) is 24.3 Å². The van der Waals surface area contributed by atoms with E-state index in [-0.39, 0.29) is 17.4 Å². The first kappa shape index (κ1) is 11.1. The van der Waals surface area contributed by atoms with Gasteiger partial charge >= 0.3 is 5.97 Å². The van der Waals surface area contributed by atoms with Crippen molar-refractivity contribution in [3.05, 3.63) is 35.4 Å². The van der Waals surface area contributed by atoms with E-state index >= 15 is 0 Å². The number of carbonyl (C=O) groups excluding carboxylic acids is 1. The van der Waals surface area contributed by atoms with Gasteiger partial charge in [-0.05, 0) is 23.1 Å². The van der Waals surface area contributed by atoms with Gasteiger partial charge in [-0.1, -0.05) is 26.0 Å². The Bertz CT molecular complexity index is 426. The summed E-state index contributed by atoms with van der Waals surface area (Å²) in [6, 6.07) is 7.72. The fourth-order valence-corrected chi connectivity index (χ4v) is 2.29. The molecule has 0 radical (unpaired) electrons. The van der Waals surface area contributed by atoms with Gasteiger partial charge in [0, 0.05) is 12.0 Å². The quantitative estimate of drug-likeness (QED) is 0.773. The Morgan fingerprint density at radius 2 is 2.06 bits per heavy atom. The molecule has 0 heterocycles. The minimum atomic E-state index is -0.297. The van der Waals surface area contributed by atoms with Gasteiger partial charge in [0.2, 0.25) is 0 Å². The van der Waals surface area contributed by atoms with Crippen LogP contribution >= 0.6 is 0 Å². The molecule has 0 unspecified atom stereocenters. The molecule has 1 aromatic rings. The molecule has 1 aliphatic carbocycles. The molecule has 2 N–H and O–H groups in total. The molecule has 0 bridgehead atoms. The summed E-state index contributed by atoms with van der Waals surface area (Å²) in [5.74, 6) is 0.0472. The number of carbonyl (C=O) groups is 1. The second-order valence-electron chi connectivity index (χ2n) is 4.94. The van der Waals surface area contributed by atoms with Crippen molar-refractivity contribution < 1.29 is 9.53 Å². The number of methoxy groups -OCH3 is 1. The first-order valence-electron chi connectivity index (χ1n) is 5.42. The van der Waals surface area contributed by atoms with Gasteiger partial charge in [-0.2, -0.15) is 0 Å². The van der Waals surface area contributed by atoms with Crippen LogP contribution < -0.4 is 5.73 Å². The Balaban J connectivity index is 2.28. The van der Waals surface area contributed by atoms with E-state index < -0.39 is 0 Å². The molecule has 2 atom stereocenters. The number of esters is 1. The van der Waals surface area contributed by atoms with E-state index in [2.05, 4.69) is 13.8 Å². The second kappa shape index (κ2) is 3.59. The van der Waals surface area contributed by atoms with Crippen molar-refractivity contribution in [1.29, 1.82) is 0 Å². The van der Waals surface area contributed by atoms with Gasteiger partial charge in [-0.25, -0.2) is 4.79 Å². The van der Waals surface area contributed by atoms with Crippen molar-refractivity contribution in [3.8, 4) is 0 Å². The number of benzene rings is 1. The van der Waals surface area contributed by atoms with Gasteiger partial charge in [-0.15, -0.1) is 0 Å². The zero-order valence-electron chi connectivity index (χ0n) is 9.86. The summed E-state index contributed by atoms with van der Waals surface area (Å²) >= 11 is 0. The highest BCUT2D eigenvalue weighted by atomic mass is 16.5. The first-order chi connectivity index (χ1) is 7.48. The third-order valence-electron chi connectivity index (χ3n) is 3.58. The van der Waals surface area contributed by atoms with Crippen molar-refractivity contribution in [3.63, 3.8) is 0 Å². The van der Waals surface area contributed by atoms with Crippen LogP contribution in [0.25, 0.3) is 0 Å².